The molecule has 11 heavy (non-hydrogen) atoms. The molecule has 5 nitrogen and oxygen atoms in total. The standard InChI is InChI=1S/C6H10O5/c1-3-5(4(8)2-7)11-6(9)10-3/h3-5,7-8H,2H2,1H3/t3?,4?,5-/m1/s1. The molecule has 2 N–H and O–H groups in total. The summed E-state index contributed by atoms with van der Waals surface area (Å²) in [5.41, 5.74) is 0. The van der Waals surface area contributed by atoms with Crippen molar-refractivity contribution >= 4 is 6.16 Å². The zero-order chi connectivity index (χ0) is 8.43. The van der Waals surface area contributed by atoms with Gasteiger partial charge in [0.2, 0.25) is 0 Å². The molecule has 0 spiro atoms. The zero-order valence-electron chi connectivity index (χ0n) is 6.06. The van der Waals surface area contributed by atoms with Gasteiger partial charge in [-0.15, -0.1) is 0 Å². The summed E-state index contributed by atoms with van der Waals surface area (Å²) in [5, 5.41) is 17.5. The van der Waals surface area contributed by atoms with Crippen molar-refractivity contribution in [2.75, 3.05) is 6.61 Å². The van der Waals surface area contributed by atoms with Crippen LogP contribution in [0.3, 0.4) is 0 Å². The first-order chi connectivity index (χ1) is 5.15. The molecule has 1 aliphatic rings. The third-order valence-corrected chi connectivity index (χ3v) is 1.54. The summed E-state index contributed by atoms with van der Waals surface area (Å²) in [6, 6.07) is 0. The van der Waals surface area contributed by atoms with E-state index in [-0.39, 0.29) is 0 Å². The van der Waals surface area contributed by atoms with E-state index in [1.165, 1.54) is 0 Å². The monoisotopic (exact) mass is 162 g/mol. The van der Waals surface area contributed by atoms with Gasteiger partial charge in [-0.2, -0.15) is 0 Å². The molecule has 64 valence electrons. The van der Waals surface area contributed by atoms with Crippen molar-refractivity contribution in [1.82, 2.24) is 0 Å². The molecule has 0 saturated carbocycles. The van der Waals surface area contributed by atoms with E-state index in [9.17, 15) is 4.79 Å². The minimum atomic E-state index is -1.06. The molecular formula is C6H10O5. The fraction of sp³-hybridized carbons (Fsp3) is 0.833. The Balaban J connectivity index is 2.52. The van der Waals surface area contributed by atoms with Crippen molar-refractivity contribution < 1.29 is 24.5 Å². The molecule has 1 fully saturated rings. The minimum Gasteiger partial charge on any atom is -0.427 e. The van der Waals surface area contributed by atoms with Gasteiger partial charge in [-0.25, -0.2) is 4.79 Å². The van der Waals surface area contributed by atoms with Gasteiger partial charge in [0.15, 0.2) is 6.10 Å². The van der Waals surface area contributed by atoms with E-state index in [4.69, 9.17) is 10.2 Å². The molecule has 0 aromatic rings. The Morgan fingerprint density at radius 2 is 2.27 bits per heavy atom. The topological polar surface area (TPSA) is 76.0 Å². The SMILES string of the molecule is CC1OC(=O)O[C@H]1C(O)CO. The molecule has 3 atom stereocenters. The molecule has 0 aromatic carbocycles. The zero-order valence-corrected chi connectivity index (χ0v) is 6.06. The average molecular weight is 162 g/mol. The van der Waals surface area contributed by atoms with Crippen LogP contribution in [0.1, 0.15) is 6.92 Å². The van der Waals surface area contributed by atoms with Gasteiger partial charge in [0.05, 0.1) is 6.61 Å². The van der Waals surface area contributed by atoms with Crippen LogP contribution in [-0.2, 0) is 9.47 Å². The quantitative estimate of drug-likeness (QED) is 0.523. The maximum Gasteiger partial charge on any atom is 0.509 e. The molecule has 0 amide bonds. The molecule has 0 aliphatic carbocycles. The lowest BCUT2D eigenvalue weighted by atomic mass is 10.1. The highest BCUT2D eigenvalue weighted by atomic mass is 16.8. The van der Waals surface area contributed by atoms with Gasteiger partial charge in [0.1, 0.15) is 12.2 Å². The Bertz CT molecular complexity index is 157. The molecule has 1 saturated heterocycles. The van der Waals surface area contributed by atoms with E-state index in [0.717, 1.165) is 0 Å². The van der Waals surface area contributed by atoms with Gasteiger partial charge in [0, 0.05) is 0 Å². The maximum atomic E-state index is 10.4. The first-order valence-corrected chi connectivity index (χ1v) is 3.31. The first-order valence-electron chi connectivity index (χ1n) is 3.31. The summed E-state index contributed by atoms with van der Waals surface area (Å²) in [5.74, 6) is 0. The van der Waals surface area contributed by atoms with E-state index in [2.05, 4.69) is 9.47 Å². The van der Waals surface area contributed by atoms with Crippen LogP contribution >= 0.6 is 0 Å². The largest absolute Gasteiger partial charge is 0.509 e. The van der Waals surface area contributed by atoms with Crippen LogP contribution in [0.4, 0.5) is 4.79 Å². The second-order valence-electron chi connectivity index (χ2n) is 2.41. The summed E-state index contributed by atoms with van der Waals surface area (Å²) in [4.78, 5) is 10.4. The van der Waals surface area contributed by atoms with Gasteiger partial charge in [-0.1, -0.05) is 0 Å². The van der Waals surface area contributed by atoms with E-state index in [1.54, 1.807) is 6.92 Å². The number of aliphatic hydroxyl groups excluding tert-OH is 2. The smallest absolute Gasteiger partial charge is 0.427 e. The first kappa shape index (κ1) is 8.29. The van der Waals surface area contributed by atoms with Crippen LogP contribution in [0, 0.1) is 0 Å². The lowest BCUT2D eigenvalue weighted by Crippen LogP contribution is -2.35. The van der Waals surface area contributed by atoms with Gasteiger partial charge in [-0.05, 0) is 6.92 Å². The molecule has 1 rings (SSSR count). The van der Waals surface area contributed by atoms with Gasteiger partial charge in [-0.3, -0.25) is 0 Å². The maximum absolute atomic E-state index is 10.4. The highest BCUT2D eigenvalue weighted by Gasteiger charge is 2.37. The summed E-state index contributed by atoms with van der Waals surface area (Å²) in [6.07, 6.45) is -3.09. The Labute approximate surface area is 63.5 Å². The van der Waals surface area contributed by atoms with E-state index >= 15 is 0 Å². The molecular weight excluding hydrogens is 152 g/mol. The Morgan fingerprint density at radius 3 is 2.64 bits per heavy atom. The van der Waals surface area contributed by atoms with Gasteiger partial charge >= 0.3 is 6.16 Å². The van der Waals surface area contributed by atoms with Crippen LogP contribution in [0.5, 0.6) is 0 Å². The predicted octanol–water partition coefficient (Wildman–Crippen LogP) is -0.737. The molecule has 0 bridgehead atoms. The summed E-state index contributed by atoms with van der Waals surface area (Å²) >= 11 is 0. The Kier molecular flexibility index (Phi) is 2.31. The van der Waals surface area contributed by atoms with Crippen molar-refractivity contribution in [2.45, 2.75) is 25.2 Å². The molecule has 2 unspecified atom stereocenters. The number of carbonyl (C=O) groups excluding carboxylic acids is 1. The number of cyclic esters (lactones) is 2. The number of carbonyl (C=O) groups is 1. The minimum absolute atomic E-state index is 0.439. The molecule has 0 radical (unpaired) electrons. The molecule has 1 aliphatic heterocycles. The summed E-state index contributed by atoms with van der Waals surface area (Å²) < 4.78 is 9.12. The van der Waals surface area contributed by atoms with Crippen molar-refractivity contribution in [3.8, 4) is 0 Å². The third kappa shape index (κ3) is 1.61. The fourth-order valence-corrected chi connectivity index (χ4v) is 0.949. The molecule has 1 heterocycles. The highest BCUT2D eigenvalue weighted by molar-refractivity contribution is 5.62. The highest BCUT2D eigenvalue weighted by Crippen LogP contribution is 2.17. The Hall–Kier alpha value is -0.810. The summed E-state index contributed by atoms with van der Waals surface area (Å²) in [6.45, 7) is 1.15. The number of hydrogen-bond acceptors (Lipinski definition) is 5. The van der Waals surface area contributed by atoms with Crippen molar-refractivity contribution in [3.63, 3.8) is 0 Å². The van der Waals surface area contributed by atoms with Gasteiger partial charge < -0.3 is 19.7 Å². The normalized spacial score (nSPS) is 32.8. The van der Waals surface area contributed by atoms with Crippen molar-refractivity contribution in [3.05, 3.63) is 0 Å². The number of aliphatic hydroxyl groups is 2. The van der Waals surface area contributed by atoms with Crippen LogP contribution in [0.15, 0.2) is 0 Å². The van der Waals surface area contributed by atoms with Crippen molar-refractivity contribution in [2.24, 2.45) is 0 Å². The second kappa shape index (κ2) is 3.06. The summed E-state index contributed by atoms with van der Waals surface area (Å²) in [7, 11) is 0. The number of rotatable bonds is 2. The van der Waals surface area contributed by atoms with E-state index in [1.807, 2.05) is 0 Å². The second-order valence-corrected chi connectivity index (χ2v) is 2.41. The van der Waals surface area contributed by atoms with Crippen molar-refractivity contribution in [1.29, 1.82) is 0 Å². The number of ether oxygens (including phenoxy) is 2. The molecule has 0 aromatic heterocycles. The third-order valence-electron chi connectivity index (χ3n) is 1.54. The Morgan fingerprint density at radius 1 is 1.64 bits per heavy atom. The number of hydrogen-bond donors (Lipinski definition) is 2. The fourth-order valence-electron chi connectivity index (χ4n) is 0.949. The van der Waals surface area contributed by atoms with Crippen LogP contribution in [-0.4, -0.2) is 41.3 Å². The lowest BCUT2D eigenvalue weighted by Gasteiger charge is -2.15. The molecule has 5 heteroatoms. The predicted molar refractivity (Wildman–Crippen MR) is 33.9 cm³/mol. The lowest BCUT2D eigenvalue weighted by molar-refractivity contribution is -0.0144. The average Bonchev–Trinajstić information content (AvgIpc) is 2.28. The van der Waals surface area contributed by atoms with Crippen LogP contribution in [0.2, 0.25) is 0 Å². The van der Waals surface area contributed by atoms with Gasteiger partial charge in [0.25, 0.3) is 0 Å². The van der Waals surface area contributed by atoms with Crippen LogP contribution < -0.4 is 0 Å². The van der Waals surface area contributed by atoms with E-state index in [0.29, 0.717) is 0 Å². The van der Waals surface area contributed by atoms with E-state index < -0.39 is 31.1 Å². The van der Waals surface area contributed by atoms with Crippen LogP contribution in [0.25, 0.3) is 0 Å².